The first-order valence-corrected chi connectivity index (χ1v) is 13.2. The van der Waals surface area contributed by atoms with Gasteiger partial charge in [-0.15, -0.1) is 0 Å². The van der Waals surface area contributed by atoms with Gasteiger partial charge >= 0.3 is 11.9 Å². The predicted octanol–water partition coefficient (Wildman–Crippen LogP) is 3.41. The number of hydrogen-bond donors (Lipinski definition) is 6. The van der Waals surface area contributed by atoms with Crippen LogP contribution < -0.4 is 16.4 Å². The molecule has 0 fully saturated rings. The number of thiol groups is 1. The average Bonchev–Trinajstić information content (AvgIpc) is 2.85. The quantitative estimate of drug-likeness (QED) is 0.143. The Bertz CT molecular complexity index is 1120. The molecule has 0 aliphatic rings. The molecule has 0 aliphatic carbocycles. The lowest BCUT2D eigenvalue weighted by Gasteiger charge is -2.25. The van der Waals surface area contributed by atoms with Gasteiger partial charge in [-0.2, -0.15) is 12.6 Å². The third-order valence-corrected chi connectivity index (χ3v) is 7.01. The molecule has 2 unspecified atom stereocenters. The van der Waals surface area contributed by atoms with Gasteiger partial charge in [-0.25, -0.2) is 0 Å². The van der Waals surface area contributed by atoms with Crippen LogP contribution in [0.25, 0.3) is 0 Å². The van der Waals surface area contributed by atoms with Crippen LogP contribution in [0.3, 0.4) is 0 Å². The number of nitrogens with two attached hydrogens (primary N) is 1. The zero-order valence-electron chi connectivity index (χ0n) is 19.4. The van der Waals surface area contributed by atoms with Crippen molar-refractivity contribution in [3.8, 4) is 0 Å². The van der Waals surface area contributed by atoms with Gasteiger partial charge in [0.15, 0.2) is 0 Å². The SMILES string of the molecule is NC(CCC(=O)NC(CS)C(=O)N(CC(=O)O)SCc1ccccc1Nc1c(Cl)cccc1Cl)C(=O)O. The van der Waals surface area contributed by atoms with Gasteiger partial charge in [0.05, 0.1) is 15.7 Å². The molecule has 0 saturated heterocycles. The Hall–Kier alpha value is -2.64. The highest BCUT2D eigenvalue weighted by Gasteiger charge is 2.28. The van der Waals surface area contributed by atoms with Gasteiger partial charge in [-0.3, -0.25) is 23.5 Å². The van der Waals surface area contributed by atoms with Crippen molar-refractivity contribution in [2.45, 2.75) is 30.7 Å². The summed E-state index contributed by atoms with van der Waals surface area (Å²) in [6, 6.07) is 9.91. The van der Waals surface area contributed by atoms with Gasteiger partial charge in [0.1, 0.15) is 18.6 Å². The van der Waals surface area contributed by atoms with Crippen LogP contribution in [-0.4, -0.2) is 62.7 Å². The normalized spacial score (nSPS) is 12.3. The van der Waals surface area contributed by atoms with E-state index in [1.165, 1.54) is 0 Å². The number of nitrogens with zero attached hydrogens (tertiary/aromatic N) is 1. The van der Waals surface area contributed by atoms with Crippen LogP contribution in [0.1, 0.15) is 18.4 Å². The van der Waals surface area contributed by atoms with Gasteiger partial charge in [0.2, 0.25) is 5.91 Å². The molecule has 200 valence electrons. The van der Waals surface area contributed by atoms with Crippen LogP contribution in [0.5, 0.6) is 0 Å². The van der Waals surface area contributed by atoms with Crippen molar-refractivity contribution in [3.05, 3.63) is 58.1 Å². The molecule has 37 heavy (non-hydrogen) atoms. The fraction of sp³-hybridized carbons (Fsp3) is 0.304. The summed E-state index contributed by atoms with van der Waals surface area (Å²) in [7, 11) is 0. The Labute approximate surface area is 233 Å². The minimum absolute atomic E-state index is 0.102. The number of anilines is 2. The van der Waals surface area contributed by atoms with Crippen molar-refractivity contribution >= 4 is 82.9 Å². The largest absolute Gasteiger partial charge is 0.480 e. The van der Waals surface area contributed by atoms with Crippen LogP contribution in [0.2, 0.25) is 10.0 Å². The Kier molecular flexibility index (Phi) is 12.3. The molecule has 2 amide bonds. The van der Waals surface area contributed by atoms with Crippen molar-refractivity contribution in [1.82, 2.24) is 9.62 Å². The summed E-state index contributed by atoms with van der Waals surface area (Å²) in [5.74, 6) is -3.66. The molecule has 2 aromatic rings. The number of hydrogen-bond acceptors (Lipinski definition) is 8. The van der Waals surface area contributed by atoms with Gasteiger partial charge in [-0.1, -0.05) is 47.5 Å². The summed E-state index contributed by atoms with van der Waals surface area (Å²) < 4.78 is 1.03. The Morgan fingerprint density at radius 3 is 2.30 bits per heavy atom. The van der Waals surface area contributed by atoms with E-state index >= 15 is 0 Å². The number of carbonyl (C=O) groups is 4. The molecule has 0 heterocycles. The lowest BCUT2D eigenvalue weighted by molar-refractivity contribution is -0.141. The molecule has 0 bridgehead atoms. The average molecular weight is 590 g/mol. The molecule has 2 rings (SSSR count). The van der Waals surface area contributed by atoms with E-state index in [-0.39, 0.29) is 24.3 Å². The van der Waals surface area contributed by atoms with E-state index in [2.05, 4.69) is 23.3 Å². The summed E-state index contributed by atoms with van der Waals surface area (Å²) in [5, 5.41) is 24.7. The molecule has 10 nitrogen and oxygen atoms in total. The molecule has 0 aromatic heterocycles. The second kappa shape index (κ2) is 14.9. The number of aliphatic carboxylic acids is 2. The topological polar surface area (TPSA) is 162 Å². The molecule has 2 atom stereocenters. The highest BCUT2D eigenvalue weighted by Crippen LogP contribution is 2.34. The minimum Gasteiger partial charge on any atom is -0.480 e. The molecule has 14 heteroatoms. The first-order valence-electron chi connectivity index (χ1n) is 10.9. The Balaban J connectivity index is 2.13. The molecular weight excluding hydrogens is 563 g/mol. The molecule has 0 saturated carbocycles. The lowest BCUT2D eigenvalue weighted by atomic mass is 10.1. The second-order valence-electron chi connectivity index (χ2n) is 7.71. The van der Waals surface area contributed by atoms with E-state index in [1.54, 1.807) is 42.5 Å². The van der Waals surface area contributed by atoms with Crippen LogP contribution in [0, 0.1) is 0 Å². The number of carboxylic acids is 2. The highest BCUT2D eigenvalue weighted by molar-refractivity contribution is 7.96. The molecule has 0 aliphatic heterocycles. The van der Waals surface area contributed by atoms with Crippen LogP contribution in [0.15, 0.2) is 42.5 Å². The van der Waals surface area contributed by atoms with Crippen molar-refractivity contribution in [3.63, 3.8) is 0 Å². The number of rotatable bonds is 14. The van der Waals surface area contributed by atoms with E-state index in [1.807, 2.05) is 0 Å². The second-order valence-corrected chi connectivity index (χ2v) is 9.87. The monoisotopic (exact) mass is 588 g/mol. The standard InChI is InChI=1S/C23H26Cl2N4O6S2/c24-14-5-3-6-15(25)21(14)28-17-7-2-1-4-13(17)12-37-29(10-20(31)32)22(33)18(11-36)27-19(30)9-8-16(26)23(34)35/h1-7,16,18,28,36H,8-12,26H2,(H,27,30)(H,31,32)(H,34,35). The van der Waals surface area contributed by atoms with Gasteiger partial charge in [0, 0.05) is 23.6 Å². The fourth-order valence-electron chi connectivity index (χ4n) is 3.01. The smallest absolute Gasteiger partial charge is 0.324 e. The number of para-hydroxylation sites is 2. The summed E-state index contributed by atoms with van der Waals surface area (Å²) in [5.41, 5.74) is 7.30. The zero-order valence-corrected chi connectivity index (χ0v) is 22.6. The molecule has 2 aromatic carbocycles. The van der Waals surface area contributed by atoms with E-state index in [4.69, 9.17) is 34.0 Å². The summed E-state index contributed by atoms with van der Waals surface area (Å²) in [6.45, 7) is -0.626. The predicted molar refractivity (Wildman–Crippen MR) is 147 cm³/mol. The number of carboxylic acid groups (broad SMARTS) is 2. The minimum atomic E-state index is -1.25. The van der Waals surface area contributed by atoms with Gasteiger partial charge < -0.3 is 26.6 Å². The van der Waals surface area contributed by atoms with Gasteiger partial charge in [-0.05, 0) is 42.1 Å². The number of carbonyl (C=O) groups excluding carboxylic acids is 2. The first kappa shape index (κ1) is 30.6. The summed E-state index contributed by atoms with van der Waals surface area (Å²) in [4.78, 5) is 47.6. The number of amides is 2. The number of halogens is 2. The molecule has 0 radical (unpaired) electrons. The third-order valence-electron chi connectivity index (χ3n) is 4.96. The van der Waals surface area contributed by atoms with Crippen LogP contribution in [0.4, 0.5) is 11.4 Å². The summed E-state index contributed by atoms with van der Waals surface area (Å²) >= 11 is 17.6. The third kappa shape index (κ3) is 9.63. The van der Waals surface area contributed by atoms with E-state index in [9.17, 15) is 24.3 Å². The molecule has 0 spiro atoms. The van der Waals surface area contributed by atoms with Gasteiger partial charge in [0.25, 0.3) is 5.91 Å². The van der Waals surface area contributed by atoms with Crippen LogP contribution >= 0.6 is 47.8 Å². The van der Waals surface area contributed by atoms with Crippen molar-refractivity contribution < 1.29 is 29.4 Å². The molecular formula is C23H26Cl2N4O6S2. The van der Waals surface area contributed by atoms with E-state index in [0.29, 0.717) is 21.4 Å². The van der Waals surface area contributed by atoms with E-state index in [0.717, 1.165) is 21.8 Å². The Morgan fingerprint density at radius 2 is 1.70 bits per heavy atom. The maximum atomic E-state index is 13.1. The van der Waals surface area contributed by atoms with Crippen LogP contribution in [-0.2, 0) is 24.9 Å². The van der Waals surface area contributed by atoms with Crippen molar-refractivity contribution in [2.75, 3.05) is 17.6 Å². The molecule has 6 N–H and O–H groups in total. The maximum Gasteiger partial charge on any atom is 0.324 e. The maximum absolute atomic E-state index is 13.1. The first-order chi connectivity index (χ1) is 17.5. The van der Waals surface area contributed by atoms with Crippen molar-refractivity contribution in [1.29, 1.82) is 0 Å². The van der Waals surface area contributed by atoms with Crippen molar-refractivity contribution in [2.24, 2.45) is 5.73 Å². The Morgan fingerprint density at radius 1 is 1.05 bits per heavy atom. The summed E-state index contributed by atoms with van der Waals surface area (Å²) in [6.07, 6.45) is -0.345. The highest BCUT2D eigenvalue weighted by atomic mass is 35.5. The zero-order chi connectivity index (χ0) is 27.5. The fourth-order valence-corrected chi connectivity index (χ4v) is 4.76. The van der Waals surface area contributed by atoms with E-state index < -0.39 is 42.4 Å². The number of nitrogens with one attached hydrogen (secondary N) is 2. The lowest BCUT2D eigenvalue weighted by Crippen LogP contribution is -2.49. The number of benzene rings is 2.